The van der Waals surface area contributed by atoms with Crippen LogP contribution >= 0.6 is 11.3 Å². The average Bonchev–Trinajstić information content (AvgIpc) is 3.29. The number of anilines is 1. The van der Waals surface area contributed by atoms with Gasteiger partial charge in [-0.05, 0) is 37.1 Å². The minimum Gasteiger partial charge on any atom is -0.487 e. The molecule has 8 heteroatoms. The van der Waals surface area contributed by atoms with Gasteiger partial charge in [-0.3, -0.25) is 4.79 Å². The first-order valence-corrected chi connectivity index (χ1v) is 9.57. The third kappa shape index (κ3) is 3.24. The fraction of sp³-hybridized carbons (Fsp3) is 0.389. The Bertz CT molecular complexity index is 942. The van der Waals surface area contributed by atoms with Crippen molar-refractivity contribution in [2.45, 2.75) is 38.1 Å². The third-order valence-corrected chi connectivity index (χ3v) is 5.71. The lowest BCUT2D eigenvalue weighted by Crippen LogP contribution is -2.36. The zero-order valence-electron chi connectivity index (χ0n) is 14.6. The van der Waals surface area contributed by atoms with Crippen molar-refractivity contribution in [3.05, 3.63) is 29.8 Å². The van der Waals surface area contributed by atoms with E-state index in [0.29, 0.717) is 22.9 Å². The Hall–Kier alpha value is -2.61. The fourth-order valence-electron chi connectivity index (χ4n) is 3.31. The van der Waals surface area contributed by atoms with Crippen LogP contribution in [0.5, 0.6) is 5.06 Å². The van der Waals surface area contributed by atoms with Gasteiger partial charge in [0.05, 0.1) is 12.0 Å². The summed E-state index contributed by atoms with van der Waals surface area (Å²) >= 11 is 1.46. The van der Waals surface area contributed by atoms with Gasteiger partial charge in [0.2, 0.25) is 0 Å². The second kappa shape index (κ2) is 6.95. The van der Waals surface area contributed by atoms with Gasteiger partial charge in [-0.25, -0.2) is 4.98 Å². The molecule has 3 aromatic heterocycles. The van der Waals surface area contributed by atoms with Gasteiger partial charge in [-0.15, -0.1) is 5.10 Å². The lowest BCUT2D eigenvalue weighted by molar-refractivity contribution is 0.0927. The Balaban J connectivity index is 1.62. The van der Waals surface area contributed by atoms with Crippen LogP contribution in [0.25, 0.3) is 16.3 Å². The van der Waals surface area contributed by atoms with Crippen LogP contribution in [0.2, 0.25) is 0 Å². The number of nitrogens with one attached hydrogen (secondary N) is 1. The van der Waals surface area contributed by atoms with Crippen LogP contribution in [0, 0.1) is 0 Å². The summed E-state index contributed by atoms with van der Waals surface area (Å²) in [4.78, 5) is 18.0. The van der Waals surface area contributed by atoms with Crippen LogP contribution in [0.15, 0.2) is 24.3 Å². The van der Waals surface area contributed by atoms with Gasteiger partial charge in [0, 0.05) is 11.6 Å². The lowest BCUT2D eigenvalue weighted by atomic mass is 9.95. The monoisotopic (exact) mass is 371 g/mol. The van der Waals surface area contributed by atoms with E-state index in [1.54, 1.807) is 23.8 Å². The number of amides is 1. The van der Waals surface area contributed by atoms with Crippen molar-refractivity contribution in [3.8, 4) is 15.8 Å². The summed E-state index contributed by atoms with van der Waals surface area (Å²) in [5.74, 6) is 0.849. The summed E-state index contributed by atoms with van der Waals surface area (Å²) in [6.45, 7) is 0. The number of rotatable bonds is 4. The van der Waals surface area contributed by atoms with E-state index in [4.69, 9.17) is 10.5 Å². The second-order valence-corrected chi connectivity index (χ2v) is 7.55. The normalized spacial score (nSPS) is 15.3. The molecule has 3 N–H and O–H groups in total. The highest BCUT2D eigenvalue weighted by Gasteiger charge is 2.19. The summed E-state index contributed by atoms with van der Waals surface area (Å²) in [6, 6.07) is 7.42. The number of pyridine rings is 1. The molecule has 136 valence electrons. The molecule has 0 aliphatic heterocycles. The number of hydrogen-bond acceptors (Lipinski definition) is 6. The predicted octanol–water partition coefficient (Wildman–Crippen LogP) is 3.11. The maximum absolute atomic E-state index is 12.6. The molecular formula is C18H21N5O2S. The highest BCUT2D eigenvalue weighted by molar-refractivity contribution is 7.17. The van der Waals surface area contributed by atoms with Crippen molar-refractivity contribution >= 4 is 28.7 Å². The lowest BCUT2D eigenvalue weighted by Gasteiger charge is -2.22. The Morgan fingerprint density at radius 2 is 2.12 bits per heavy atom. The largest absolute Gasteiger partial charge is 0.487 e. The Labute approximate surface area is 155 Å². The molecule has 1 amide bonds. The van der Waals surface area contributed by atoms with Crippen molar-refractivity contribution < 1.29 is 9.53 Å². The molecule has 0 unspecified atom stereocenters. The van der Waals surface area contributed by atoms with Gasteiger partial charge >= 0.3 is 0 Å². The van der Waals surface area contributed by atoms with Crippen molar-refractivity contribution in [2.75, 3.05) is 12.8 Å². The minimum atomic E-state index is -0.103. The van der Waals surface area contributed by atoms with Crippen LogP contribution in [-0.2, 0) is 0 Å². The van der Waals surface area contributed by atoms with Crippen molar-refractivity contribution in [2.24, 2.45) is 0 Å². The molecule has 7 nitrogen and oxygen atoms in total. The van der Waals surface area contributed by atoms with Gasteiger partial charge < -0.3 is 15.8 Å². The van der Waals surface area contributed by atoms with Crippen LogP contribution in [-0.4, -0.2) is 33.7 Å². The number of ether oxygens (including phenoxy) is 1. The van der Waals surface area contributed by atoms with Gasteiger partial charge in [-0.2, -0.15) is 4.52 Å². The van der Waals surface area contributed by atoms with Crippen LogP contribution in [0.1, 0.15) is 42.5 Å². The van der Waals surface area contributed by atoms with E-state index >= 15 is 0 Å². The number of thiophene rings is 1. The van der Waals surface area contributed by atoms with E-state index in [0.717, 1.165) is 22.8 Å². The molecule has 4 rings (SSSR count). The van der Waals surface area contributed by atoms with Crippen molar-refractivity contribution in [1.82, 2.24) is 19.9 Å². The quantitative estimate of drug-likeness (QED) is 0.735. The fourth-order valence-corrected chi connectivity index (χ4v) is 4.06. The minimum absolute atomic E-state index is 0.103. The zero-order valence-corrected chi connectivity index (χ0v) is 15.4. The number of aromatic nitrogens is 3. The standard InChI is InChI=1S/C18H21N5O2S/c1-25-16-8-7-13(26-16)17-21-15-10-11(9-14(19)23(15)22-17)18(24)20-12-5-3-2-4-6-12/h7-10,12H,2-6,19H2,1H3,(H,20,24). The maximum Gasteiger partial charge on any atom is 0.251 e. The summed E-state index contributed by atoms with van der Waals surface area (Å²) in [6.07, 6.45) is 5.67. The van der Waals surface area contributed by atoms with Crippen molar-refractivity contribution in [3.63, 3.8) is 0 Å². The molecule has 1 fully saturated rings. The zero-order chi connectivity index (χ0) is 18.1. The molecule has 0 atom stereocenters. The summed E-state index contributed by atoms with van der Waals surface area (Å²) in [5.41, 5.74) is 7.18. The SMILES string of the molecule is COc1ccc(-c2nc3cc(C(=O)NC4CCCCC4)cc(N)n3n2)s1. The molecule has 1 aliphatic carbocycles. The molecule has 3 heterocycles. The van der Waals surface area contributed by atoms with Crippen molar-refractivity contribution in [1.29, 1.82) is 0 Å². The second-order valence-electron chi connectivity index (χ2n) is 6.51. The topological polar surface area (TPSA) is 94.5 Å². The van der Waals surface area contributed by atoms with E-state index < -0.39 is 0 Å². The molecule has 1 aliphatic rings. The molecule has 26 heavy (non-hydrogen) atoms. The van der Waals surface area contributed by atoms with Crippen LogP contribution < -0.4 is 15.8 Å². The number of nitrogen functional groups attached to an aromatic ring is 1. The summed E-state index contributed by atoms with van der Waals surface area (Å²) in [7, 11) is 1.63. The number of nitrogens with zero attached hydrogens (tertiary/aromatic N) is 3. The third-order valence-electron chi connectivity index (χ3n) is 4.67. The highest BCUT2D eigenvalue weighted by Crippen LogP contribution is 2.31. The van der Waals surface area contributed by atoms with Gasteiger partial charge in [0.1, 0.15) is 5.82 Å². The Morgan fingerprint density at radius 1 is 1.31 bits per heavy atom. The number of fused-ring (bicyclic) bond motifs is 1. The number of carbonyl (C=O) groups is 1. The molecule has 0 bridgehead atoms. The average molecular weight is 371 g/mol. The van der Waals surface area contributed by atoms with Crippen LogP contribution in [0.3, 0.4) is 0 Å². The van der Waals surface area contributed by atoms with E-state index in [2.05, 4.69) is 15.4 Å². The van der Waals surface area contributed by atoms with E-state index in [-0.39, 0.29) is 11.9 Å². The first-order valence-electron chi connectivity index (χ1n) is 8.75. The molecule has 3 aromatic rings. The Kier molecular flexibility index (Phi) is 4.50. The van der Waals surface area contributed by atoms with Gasteiger partial charge in [-0.1, -0.05) is 30.6 Å². The van der Waals surface area contributed by atoms with Gasteiger partial charge in [0.15, 0.2) is 16.5 Å². The van der Waals surface area contributed by atoms with E-state index in [1.807, 2.05) is 12.1 Å². The molecule has 0 aromatic carbocycles. The van der Waals surface area contributed by atoms with Gasteiger partial charge in [0.25, 0.3) is 5.91 Å². The molecule has 0 saturated heterocycles. The first-order chi connectivity index (χ1) is 12.6. The predicted molar refractivity (Wildman–Crippen MR) is 102 cm³/mol. The van der Waals surface area contributed by atoms with E-state index in [9.17, 15) is 4.79 Å². The number of hydrogen-bond donors (Lipinski definition) is 2. The number of nitrogens with two attached hydrogens (primary N) is 1. The highest BCUT2D eigenvalue weighted by atomic mass is 32.1. The Morgan fingerprint density at radius 3 is 2.85 bits per heavy atom. The molecule has 0 spiro atoms. The number of carbonyl (C=O) groups excluding carboxylic acids is 1. The summed E-state index contributed by atoms with van der Waals surface area (Å²) in [5, 5.41) is 8.35. The first kappa shape index (κ1) is 16.8. The summed E-state index contributed by atoms with van der Waals surface area (Å²) < 4.78 is 6.77. The number of methoxy groups -OCH3 is 1. The molecule has 0 radical (unpaired) electrons. The smallest absolute Gasteiger partial charge is 0.251 e. The maximum atomic E-state index is 12.6. The van der Waals surface area contributed by atoms with Crippen LogP contribution in [0.4, 0.5) is 5.82 Å². The van der Waals surface area contributed by atoms with E-state index in [1.165, 1.54) is 30.6 Å². The molecule has 1 saturated carbocycles. The molecular weight excluding hydrogens is 350 g/mol.